The lowest BCUT2D eigenvalue weighted by molar-refractivity contribution is -0.243. The standard InChI is InChI=1S/C9H10IN2O7P/c10-6-7(11-9(14)12-8(6)13)4-1-3-5(18-4)2-17-20(15,16)19-3/h3-5H,1-2H2,(H,15,16)(H2,11,12,13,14)/p-1/t3?,4-,5?/m1/s1. The van der Waals surface area contributed by atoms with Gasteiger partial charge in [0, 0.05) is 6.42 Å². The Morgan fingerprint density at radius 3 is 2.80 bits per heavy atom. The minimum Gasteiger partial charge on any atom is -0.756 e. The number of H-pyrrole nitrogens is 2. The fraction of sp³-hybridized carbons (Fsp3) is 0.556. The van der Waals surface area contributed by atoms with E-state index in [-0.39, 0.29) is 16.6 Å². The first-order chi connectivity index (χ1) is 9.35. The summed E-state index contributed by atoms with van der Waals surface area (Å²) >= 11 is 1.79. The summed E-state index contributed by atoms with van der Waals surface area (Å²) in [6.45, 7) is -0.133. The fourth-order valence-electron chi connectivity index (χ4n) is 2.23. The van der Waals surface area contributed by atoms with E-state index in [1.807, 2.05) is 0 Å². The number of hydrogen-bond acceptors (Lipinski definition) is 7. The molecule has 0 radical (unpaired) electrons. The second-order valence-electron chi connectivity index (χ2n) is 4.42. The molecule has 20 heavy (non-hydrogen) atoms. The van der Waals surface area contributed by atoms with Crippen LogP contribution >= 0.6 is 30.4 Å². The number of aromatic amines is 2. The SMILES string of the molecule is O=c1[nH]c([C@H]2CC3OP(=O)([O-])OCC3O2)c(I)c(=O)[nH]1. The summed E-state index contributed by atoms with van der Waals surface area (Å²) < 4.78 is 26.5. The Hall–Kier alpha value is -0.520. The van der Waals surface area contributed by atoms with Gasteiger partial charge in [0.15, 0.2) is 0 Å². The largest absolute Gasteiger partial charge is 0.756 e. The zero-order chi connectivity index (χ0) is 14.5. The minimum absolute atomic E-state index is 0.133. The van der Waals surface area contributed by atoms with E-state index >= 15 is 0 Å². The van der Waals surface area contributed by atoms with Gasteiger partial charge in [-0.25, -0.2) is 4.79 Å². The van der Waals surface area contributed by atoms with Crippen molar-refractivity contribution in [2.75, 3.05) is 6.61 Å². The molecule has 2 saturated heterocycles. The summed E-state index contributed by atoms with van der Waals surface area (Å²) in [5.74, 6) is 0. The van der Waals surface area contributed by atoms with Crippen molar-refractivity contribution in [2.45, 2.75) is 24.7 Å². The van der Waals surface area contributed by atoms with Crippen molar-refractivity contribution in [3.8, 4) is 0 Å². The number of ether oxygens (including phenoxy) is 1. The Morgan fingerprint density at radius 2 is 2.05 bits per heavy atom. The third-order valence-electron chi connectivity index (χ3n) is 3.09. The maximum atomic E-state index is 11.5. The van der Waals surface area contributed by atoms with Crippen LogP contribution in [-0.4, -0.2) is 28.8 Å². The Morgan fingerprint density at radius 1 is 1.30 bits per heavy atom. The van der Waals surface area contributed by atoms with Crippen LogP contribution in [0.25, 0.3) is 0 Å². The van der Waals surface area contributed by atoms with Gasteiger partial charge in [0.1, 0.15) is 15.8 Å². The summed E-state index contributed by atoms with van der Waals surface area (Å²) in [5.41, 5.74) is -0.844. The molecule has 2 N–H and O–H groups in total. The van der Waals surface area contributed by atoms with E-state index in [0.717, 1.165) is 0 Å². The normalized spacial score (nSPS) is 36.8. The molecule has 0 aromatic carbocycles. The van der Waals surface area contributed by atoms with Crippen LogP contribution in [0.15, 0.2) is 9.59 Å². The maximum Gasteiger partial charge on any atom is 0.326 e. The highest BCUT2D eigenvalue weighted by Crippen LogP contribution is 2.50. The van der Waals surface area contributed by atoms with Crippen molar-refractivity contribution in [1.82, 2.24) is 9.97 Å². The maximum absolute atomic E-state index is 11.5. The average Bonchev–Trinajstić information content (AvgIpc) is 2.74. The van der Waals surface area contributed by atoms with Gasteiger partial charge in [-0.05, 0) is 22.6 Å². The van der Waals surface area contributed by atoms with Gasteiger partial charge < -0.3 is 23.7 Å². The van der Waals surface area contributed by atoms with E-state index in [4.69, 9.17) is 9.26 Å². The highest BCUT2D eigenvalue weighted by Gasteiger charge is 2.43. The van der Waals surface area contributed by atoms with Gasteiger partial charge in [-0.15, -0.1) is 0 Å². The number of fused-ring (bicyclic) bond motifs is 1. The Labute approximate surface area is 125 Å². The van der Waals surface area contributed by atoms with Crippen LogP contribution in [0.4, 0.5) is 0 Å². The molecule has 4 atom stereocenters. The average molecular weight is 415 g/mol. The molecule has 0 bridgehead atoms. The first kappa shape index (κ1) is 14.4. The quantitative estimate of drug-likeness (QED) is 0.462. The summed E-state index contributed by atoms with van der Waals surface area (Å²) in [6, 6.07) is 0. The molecule has 0 aliphatic carbocycles. The molecule has 1 aromatic rings. The predicted molar refractivity (Wildman–Crippen MR) is 71.1 cm³/mol. The van der Waals surface area contributed by atoms with Gasteiger partial charge in [0.05, 0.1) is 18.4 Å². The fourth-order valence-corrected chi connectivity index (χ4v) is 3.79. The molecule has 2 fully saturated rings. The molecule has 0 amide bonds. The van der Waals surface area contributed by atoms with E-state index in [2.05, 4.69) is 14.5 Å². The molecule has 0 spiro atoms. The molecule has 9 nitrogen and oxygen atoms in total. The topological polar surface area (TPSA) is 134 Å². The third-order valence-corrected chi connectivity index (χ3v) is 5.16. The van der Waals surface area contributed by atoms with Gasteiger partial charge in [-0.3, -0.25) is 14.3 Å². The Balaban J connectivity index is 1.90. The molecule has 3 unspecified atom stereocenters. The molecule has 11 heteroatoms. The third kappa shape index (κ3) is 2.63. The van der Waals surface area contributed by atoms with Crippen molar-refractivity contribution in [2.24, 2.45) is 0 Å². The second-order valence-corrected chi connectivity index (χ2v) is 6.86. The molecule has 3 rings (SSSR count). The van der Waals surface area contributed by atoms with Gasteiger partial charge in [-0.2, -0.15) is 0 Å². The summed E-state index contributed by atoms with van der Waals surface area (Å²) in [5, 5.41) is 0. The number of phosphoric acid groups is 1. The van der Waals surface area contributed by atoms with E-state index in [1.165, 1.54) is 0 Å². The van der Waals surface area contributed by atoms with Crippen molar-refractivity contribution < 1.29 is 23.2 Å². The molecule has 1 aromatic heterocycles. The Kier molecular flexibility index (Phi) is 3.63. The van der Waals surface area contributed by atoms with E-state index in [9.17, 15) is 19.0 Å². The van der Waals surface area contributed by atoms with Gasteiger partial charge in [0.2, 0.25) is 0 Å². The van der Waals surface area contributed by atoms with E-state index in [0.29, 0.717) is 5.69 Å². The van der Waals surface area contributed by atoms with Crippen molar-refractivity contribution in [3.63, 3.8) is 0 Å². The van der Waals surface area contributed by atoms with Gasteiger partial charge in [-0.1, -0.05) is 0 Å². The van der Waals surface area contributed by atoms with Crippen LogP contribution < -0.4 is 16.1 Å². The lowest BCUT2D eigenvalue weighted by Gasteiger charge is -2.33. The van der Waals surface area contributed by atoms with Gasteiger partial charge in [0.25, 0.3) is 13.4 Å². The molecule has 2 aliphatic heterocycles. The van der Waals surface area contributed by atoms with Crippen LogP contribution in [-0.2, 0) is 18.3 Å². The number of hydrogen-bond donors (Lipinski definition) is 2. The van der Waals surface area contributed by atoms with Crippen LogP contribution in [0.2, 0.25) is 0 Å². The number of aromatic nitrogens is 2. The van der Waals surface area contributed by atoms with Crippen LogP contribution in [0.3, 0.4) is 0 Å². The molecular weight excluding hydrogens is 406 g/mol. The molecule has 110 valence electrons. The summed E-state index contributed by atoms with van der Waals surface area (Å²) in [7, 11) is -4.28. The second kappa shape index (κ2) is 5.04. The van der Waals surface area contributed by atoms with E-state index in [1.54, 1.807) is 22.6 Å². The minimum atomic E-state index is -4.28. The smallest absolute Gasteiger partial charge is 0.326 e. The first-order valence-electron chi connectivity index (χ1n) is 5.67. The lowest BCUT2D eigenvalue weighted by Crippen LogP contribution is -2.35. The van der Waals surface area contributed by atoms with Gasteiger partial charge >= 0.3 is 5.69 Å². The van der Waals surface area contributed by atoms with Crippen LogP contribution in [0.1, 0.15) is 18.2 Å². The van der Waals surface area contributed by atoms with Crippen molar-refractivity contribution >= 4 is 30.4 Å². The van der Waals surface area contributed by atoms with Crippen LogP contribution in [0, 0.1) is 3.57 Å². The van der Waals surface area contributed by atoms with Crippen LogP contribution in [0.5, 0.6) is 0 Å². The number of phosphoric ester groups is 1. The van der Waals surface area contributed by atoms with Crippen molar-refractivity contribution in [3.05, 3.63) is 30.1 Å². The monoisotopic (exact) mass is 415 g/mol. The summed E-state index contributed by atoms with van der Waals surface area (Å²) in [6.07, 6.45) is -1.62. The molecule has 0 saturated carbocycles. The predicted octanol–water partition coefficient (Wildman–Crippen LogP) is -0.618. The number of rotatable bonds is 1. The molecule has 2 aliphatic rings. The van der Waals surface area contributed by atoms with Crippen molar-refractivity contribution in [1.29, 1.82) is 0 Å². The highest BCUT2D eigenvalue weighted by atomic mass is 127. The zero-order valence-corrected chi connectivity index (χ0v) is 12.9. The molecular formula is C9H9IN2O7P-. The van der Waals surface area contributed by atoms with E-state index < -0.39 is 37.4 Å². The Bertz CT molecular complexity index is 700. The highest BCUT2D eigenvalue weighted by molar-refractivity contribution is 14.1. The molecule has 3 heterocycles. The number of nitrogens with one attached hydrogen (secondary N) is 2. The summed E-state index contributed by atoms with van der Waals surface area (Å²) in [4.78, 5) is 38.7. The lowest BCUT2D eigenvalue weighted by atomic mass is 10.1. The zero-order valence-electron chi connectivity index (χ0n) is 9.83. The number of halogens is 1. The first-order valence-corrected chi connectivity index (χ1v) is 8.21.